The van der Waals surface area contributed by atoms with Gasteiger partial charge in [-0.15, -0.1) is 0 Å². The molecule has 0 radical (unpaired) electrons. The summed E-state index contributed by atoms with van der Waals surface area (Å²) in [5.74, 6) is -0.515. The highest BCUT2D eigenvalue weighted by Crippen LogP contribution is 2.41. The summed E-state index contributed by atoms with van der Waals surface area (Å²) >= 11 is 0. The highest BCUT2D eigenvalue weighted by Gasteiger charge is 2.46. The Morgan fingerprint density at radius 2 is 1.73 bits per heavy atom. The van der Waals surface area contributed by atoms with Crippen LogP contribution in [0.2, 0.25) is 0 Å². The minimum atomic E-state index is -0.900. The minimum absolute atomic E-state index is 0.499. The van der Waals surface area contributed by atoms with E-state index in [4.69, 9.17) is 14.7 Å². The van der Waals surface area contributed by atoms with Crippen molar-refractivity contribution < 1.29 is 14.3 Å². The Hall–Kier alpha value is -1.21. The van der Waals surface area contributed by atoms with Crippen LogP contribution in [0.15, 0.2) is 4.99 Å². The van der Waals surface area contributed by atoms with Crippen LogP contribution in [0.1, 0.15) is 25.7 Å². The van der Waals surface area contributed by atoms with Crippen LogP contribution in [0.3, 0.4) is 0 Å². The molecule has 1 saturated heterocycles. The van der Waals surface area contributed by atoms with Gasteiger partial charge in [-0.05, 0) is 12.8 Å². The largest absolute Gasteiger partial charge is 0.348 e. The van der Waals surface area contributed by atoms with Gasteiger partial charge in [0, 0.05) is 12.8 Å². The van der Waals surface area contributed by atoms with E-state index < -0.39 is 11.3 Å². The van der Waals surface area contributed by atoms with Crippen LogP contribution in [-0.2, 0) is 14.3 Å². The second-order valence-electron chi connectivity index (χ2n) is 3.95. The van der Waals surface area contributed by atoms with Crippen molar-refractivity contribution >= 4 is 6.08 Å². The van der Waals surface area contributed by atoms with E-state index in [0.717, 1.165) is 0 Å². The smallest absolute Gasteiger partial charge is 0.236 e. The second-order valence-corrected chi connectivity index (χ2v) is 3.95. The SMILES string of the molecule is N#CC1(N=C=O)CCC2(CC1)OCCO2. The molecule has 1 aliphatic carbocycles. The van der Waals surface area contributed by atoms with Gasteiger partial charge in [0.25, 0.3) is 0 Å². The van der Waals surface area contributed by atoms with Crippen molar-refractivity contribution in [2.24, 2.45) is 4.99 Å². The summed E-state index contributed by atoms with van der Waals surface area (Å²) in [5.41, 5.74) is -0.900. The maximum atomic E-state index is 10.2. The predicted molar refractivity (Wildman–Crippen MR) is 49.6 cm³/mol. The molecule has 1 spiro atoms. The van der Waals surface area contributed by atoms with Crippen molar-refractivity contribution in [2.45, 2.75) is 37.0 Å². The molecule has 80 valence electrons. The summed E-state index contributed by atoms with van der Waals surface area (Å²) in [7, 11) is 0. The van der Waals surface area contributed by atoms with Crippen molar-refractivity contribution in [3.05, 3.63) is 0 Å². The zero-order chi connectivity index (χ0) is 10.8. The van der Waals surface area contributed by atoms with Crippen molar-refractivity contribution in [2.75, 3.05) is 13.2 Å². The second kappa shape index (κ2) is 3.74. The van der Waals surface area contributed by atoms with E-state index >= 15 is 0 Å². The molecule has 2 rings (SSSR count). The standard InChI is InChI=1S/C10H12N2O3/c11-7-9(12-8-13)1-3-10(4-2-9)14-5-6-15-10/h1-6H2. The molecular weight excluding hydrogens is 196 g/mol. The van der Waals surface area contributed by atoms with Crippen LogP contribution < -0.4 is 0 Å². The maximum Gasteiger partial charge on any atom is 0.236 e. The van der Waals surface area contributed by atoms with Crippen molar-refractivity contribution in [3.63, 3.8) is 0 Å². The van der Waals surface area contributed by atoms with E-state index in [-0.39, 0.29) is 0 Å². The van der Waals surface area contributed by atoms with Crippen LogP contribution in [0.25, 0.3) is 0 Å². The Morgan fingerprint density at radius 1 is 1.13 bits per heavy atom. The minimum Gasteiger partial charge on any atom is -0.348 e. The Labute approximate surface area is 87.7 Å². The lowest BCUT2D eigenvalue weighted by Crippen LogP contribution is -2.41. The van der Waals surface area contributed by atoms with E-state index in [1.165, 1.54) is 6.08 Å². The highest BCUT2D eigenvalue weighted by molar-refractivity contribution is 5.37. The van der Waals surface area contributed by atoms with Crippen LogP contribution in [0.5, 0.6) is 0 Å². The first kappa shape index (κ1) is 10.3. The van der Waals surface area contributed by atoms with Crippen molar-refractivity contribution in [1.29, 1.82) is 5.26 Å². The molecule has 2 aliphatic rings. The van der Waals surface area contributed by atoms with Gasteiger partial charge in [0.05, 0.1) is 19.3 Å². The first-order chi connectivity index (χ1) is 7.24. The molecule has 0 bridgehead atoms. The molecule has 15 heavy (non-hydrogen) atoms. The Bertz CT molecular complexity index is 325. The van der Waals surface area contributed by atoms with E-state index in [9.17, 15) is 4.79 Å². The summed E-state index contributed by atoms with van der Waals surface area (Å²) in [5, 5.41) is 9.00. The predicted octanol–water partition coefficient (Wildman–Crippen LogP) is 0.902. The van der Waals surface area contributed by atoms with Gasteiger partial charge in [-0.1, -0.05) is 0 Å². The average Bonchev–Trinajstić information content (AvgIpc) is 2.72. The van der Waals surface area contributed by atoms with Gasteiger partial charge in [-0.3, -0.25) is 0 Å². The summed E-state index contributed by atoms with van der Waals surface area (Å²) in [6.07, 6.45) is 3.71. The molecule has 0 atom stereocenters. The third-order valence-electron chi connectivity index (χ3n) is 3.12. The summed E-state index contributed by atoms with van der Waals surface area (Å²) in [6, 6.07) is 2.08. The van der Waals surface area contributed by atoms with Gasteiger partial charge in [-0.25, -0.2) is 4.79 Å². The zero-order valence-electron chi connectivity index (χ0n) is 8.36. The Balaban J connectivity index is 2.08. The molecule has 2 fully saturated rings. The number of isocyanates is 1. The lowest BCUT2D eigenvalue weighted by molar-refractivity contribution is -0.181. The molecule has 0 aromatic heterocycles. The van der Waals surface area contributed by atoms with E-state index in [1.807, 2.05) is 0 Å². The van der Waals surface area contributed by atoms with Gasteiger partial charge in [-0.2, -0.15) is 10.3 Å². The number of aliphatic imine (C=N–C) groups is 1. The maximum absolute atomic E-state index is 10.2. The lowest BCUT2D eigenvalue weighted by atomic mass is 9.80. The van der Waals surface area contributed by atoms with Crippen LogP contribution >= 0.6 is 0 Å². The normalized spacial score (nSPS) is 26.9. The zero-order valence-corrected chi connectivity index (χ0v) is 8.36. The molecule has 1 heterocycles. The van der Waals surface area contributed by atoms with Gasteiger partial charge >= 0.3 is 0 Å². The summed E-state index contributed by atoms with van der Waals surface area (Å²) < 4.78 is 11.1. The van der Waals surface area contributed by atoms with E-state index in [0.29, 0.717) is 38.9 Å². The Morgan fingerprint density at radius 3 is 2.20 bits per heavy atom. The molecule has 0 unspecified atom stereocenters. The van der Waals surface area contributed by atoms with Crippen molar-refractivity contribution in [3.8, 4) is 6.07 Å². The van der Waals surface area contributed by atoms with Crippen LogP contribution in [0, 0.1) is 11.3 Å². The van der Waals surface area contributed by atoms with E-state index in [2.05, 4.69) is 11.1 Å². The summed E-state index contributed by atoms with van der Waals surface area (Å²) in [4.78, 5) is 13.9. The van der Waals surface area contributed by atoms with E-state index in [1.54, 1.807) is 0 Å². The van der Waals surface area contributed by atoms with Gasteiger partial charge in [0.15, 0.2) is 11.3 Å². The summed E-state index contributed by atoms with van der Waals surface area (Å²) in [6.45, 7) is 1.22. The molecular formula is C10H12N2O3. The quantitative estimate of drug-likeness (QED) is 0.474. The molecule has 1 saturated carbocycles. The van der Waals surface area contributed by atoms with Crippen LogP contribution in [-0.4, -0.2) is 30.6 Å². The third-order valence-corrected chi connectivity index (χ3v) is 3.12. The molecule has 5 nitrogen and oxygen atoms in total. The number of hydrogen-bond acceptors (Lipinski definition) is 5. The molecule has 5 heteroatoms. The van der Waals surface area contributed by atoms with Gasteiger partial charge in [0.1, 0.15) is 0 Å². The molecule has 1 aliphatic heterocycles. The monoisotopic (exact) mass is 208 g/mol. The number of ether oxygens (including phenoxy) is 2. The fourth-order valence-corrected chi connectivity index (χ4v) is 2.17. The van der Waals surface area contributed by atoms with Gasteiger partial charge in [0.2, 0.25) is 6.08 Å². The number of carbonyl (C=O) groups excluding carboxylic acids is 1. The molecule has 0 amide bonds. The first-order valence-corrected chi connectivity index (χ1v) is 5.02. The number of nitrogens with zero attached hydrogens (tertiary/aromatic N) is 2. The average molecular weight is 208 g/mol. The number of hydrogen-bond donors (Lipinski definition) is 0. The molecule has 0 aromatic rings. The lowest BCUT2D eigenvalue weighted by Gasteiger charge is -2.36. The Kier molecular flexibility index (Phi) is 2.57. The highest BCUT2D eigenvalue weighted by atomic mass is 16.7. The number of nitriles is 1. The number of rotatable bonds is 1. The first-order valence-electron chi connectivity index (χ1n) is 5.02. The fourth-order valence-electron chi connectivity index (χ4n) is 2.17. The third kappa shape index (κ3) is 1.80. The van der Waals surface area contributed by atoms with Crippen molar-refractivity contribution in [1.82, 2.24) is 0 Å². The molecule has 0 N–H and O–H groups in total. The fraction of sp³-hybridized carbons (Fsp3) is 0.800. The van der Waals surface area contributed by atoms with Gasteiger partial charge < -0.3 is 9.47 Å². The topological polar surface area (TPSA) is 71.7 Å². The van der Waals surface area contributed by atoms with Crippen LogP contribution in [0.4, 0.5) is 0 Å². The molecule has 0 aromatic carbocycles.